The van der Waals surface area contributed by atoms with Crippen LogP contribution in [0.5, 0.6) is 0 Å². The zero-order valence-electron chi connectivity index (χ0n) is 6.93. The van der Waals surface area contributed by atoms with E-state index in [0.29, 0.717) is 0 Å². The summed E-state index contributed by atoms with van der Waals surface area (Å²) in [6.07, 6.45) is 5.20. The topological polar surface area (TPSA) is 23.8 Å². The molecule has 0 spiro atoms. The van der Waals surface area contributed by atoms with Crippen molar-refractivity contribution in [3.8, 4) is 6.07 Å². The van der Waals surface area contributed by atoms with E-state index in [1.807, 2.05) is 6.92 Å². The van der Waals surface area contributed by atoms with E-state index in [0.717, 1.165) is 5.92 Å². The van der Waals surface area contributed by atoms with Crippen molar-refractivity contribution in [1.82, 2.24) is 0 Å². The molecular formula is C10H13N. The fraction of sp³-hybridized carbons (Fsp3) is 0.700. The van der Waals surface area contributed by atoms with Gasteiger partial charge in [0.05, 0.1) is 12.0 Å². The molecule has 0 aliphatic heterocycles. The minimum Gasteiger partial charge on any atom is -0.198 e. The Kier molecular flexibility index (Phi) is 1.49. The summed E-state index contributed by atoms with van der Waals surface area (Å²) in [5.41, 5.74) is 3.09. The number of nitrogens with zero attached hydrogens (tertiary/aromatic N) is 1. The van der Waals surface area contributed by atoms with E-state index in [2.05, 4.69) is 6.07 Å². The van der Waals surface area contributed by atoms with Crippen molar-refractivity contribution in [2.24, 2.45) is 11.8 Å². The maximum atomic E-state index is 8.74. The fourth-order valence-corrected chi connectivity index (χ4v) is 2.41. The summed E-state index contributed by atoms with van der Waals surface area (Å²) in [4.78, 5) is 0. The fourth-order valence-electron chi connectivity index (χ4n) is 2.41. The Morgan fingerprint density at radius 2 is 2.36 bits per heavy atom. The van der Waals surface area contributed by atoms with Crippen molar-refractivity contribution in [3.63, 3.8) is 0 Å². The second-order valence-electron chi connectivity index (χ2n) is 3.79. The Hall–Kier alpha value is -0.770. The van der Waals surface area contributed by atoms with E-state index in [9.17, 15) is 0 Å². The summed E-state index contributed by atoms with van der Waals surface area (Å²) in [5, 5.41) is 8.74. The van der Waals surface area contributed by atoms with Gasteiger partial charge in [0.2, 0.25) is 0 Å². The van der Waals surface area contributed by atoms with Crippen LogP contribution in [0.15, 0.2) is 11.1 Å². The van der Waals surface area contributed by atoms with Gasteiger partial charge in [-0.05, 0) is 38.5 Å². The van der Waals surface area contributed by atoms with Crippen molar-refractivity contribution < 1.29 is 0 Å². The number of hydrogen-bond donors (Lipinski definition) is 0. The van der Waals surface area contributed by atoms with Crippen molar-refractivity contribution in [2.75, 3.05) is 0 Å². The van der Waals surface area contributed by atoms with Crippen LogP contribution < -0.4 is 0 Å². The van der Waals surface area contributed by atoms with Gasteiger partial charge in [0, 0.05) is 0 Å². The highest BCUT2D eigenvalue weighted by Gasteiger charge is 2.31. The van der Waals surface area contributed by atoms with E-state index in [-0.39, 0.29) is 5.92 Å². The summed E-state index contributed by atoms with van der Waals surface area (Å²) < 4.78 is 0. The number of nitriles is 1. The van der Waals surface area contributed by atoms with Crippen molar-refractivity contribution in [2.45, 2.75) is 32.6 Å². The van der Waals surface area contributed by atoms with Gasteiger partial charge in [-0.2, -0.15) is 5.26 Å². The highest BCUT2D eigenvalue weighted by molar-refractivity contribution is 5.30. The molecule has 0 aromatic heterocycles. The third-order valence-electron chi connectivity index (χ3n) is 3.07. The number of hydrogen-bond acceptors (Lipinski definition) is 1. The lowest BCUT2D eigenvalue weighted by Gasteiger charge is -2.12. The zero-order valence-corrected chi connectivity index (χ0v) is 6.93. The SMILES string of the molecule is CC(C#N)C1=C2CCC(C2)C1. The molecule has 2 bridgehead atoms. The van der Waals surface area contributed by atoms with Gasteiger partial charge in [0.25, 0.3) is 0 Å². The summed E-state index contributed by atoms with van der Waals surface area (Å²) in [7, 11) is 0. The van der Waals surface area contributed by atoms with Crippen LogP contribution in [0, 0.1) is 23.2 Å². The normalized spacial score (nSPS) is 30.7. The lowest BCUT2D eigenvalue weighted by Crippen LogP contribution is -2.01. The van der Waals surface area contributed by atoms with Crippen LogP contribution in [0.25, 0.3) is 0 Å². The molecule has 11 heavy (non-hydrogen) atoms. The van der Waals surface area contributed by atoms with E-state index < -0.39 is 0 Å². The Balaban J connectivity index is 2.23. The summed E-state index contributed by atoms with van der Waals surface area (Å²) in [5.74, 6) is 1.10. The first-order chi connectivity index (χ1) is 5.31. The van der Waals surface area contributed by atoms with Gasteiger partial charge in [-0.3, -0.25) is 0 Å². The molecule has 0 radical (unpaired) electrons. The quantitative estimate of drug-likeness (QED) is 0.523. The molecule has 0 saturated heterocycles. The largest absolute Gasteiger partial charge is 0.198 e. The van der Waals surface area contributed by atoms with E-state index in [1.165, 1.54) is 31.3 Å². The number of allylic oxidation sites excluding steroid dienone is 2. The first-order valence-electron chi connectivity index (χ1n) is 4.41. The van der Waals surface area contributed by atoms with Gasteiger partial charge >= 0.3 is 0 Å². The molecular weight excluding hydrogens is 134 g/mol. The molecule has 0 heterocycles. The van der Waals surface area contributed by atoms with Gasteiger partial charge in [0.1, 0.15) is 0 Å². The molecule has 1 nitrogen and oxygen atoms in total. The molecule has 1 fully saturated rings. The number of rotatable bonds is 1. The van der Waals surface area contributed by atoms with Crippen LogP contribution in [-0.4, -0.2) is 0 Å². The van der Waals surface area contributed by atoms with Crippen LogP contribution in [0.3, 0.4) is 0 Å². The smallest absolute Gasteiger partial charge is 0.0697 e. The molecule has 1 heteroatoms. The molecule has 1 saturated carbocycles. The molecule has 0 amide bonds. The van der Waals surface area contributed by atoms with Crippen molar-refractivity contribution in [3.05, 3.63) is 11.1 Å². The molecule has 2 unspecified atom stereocenters. The maximum Gasteiger partial charge on any atom is 0.0697 e. The van der Waals surface area contributed by atoms with Gasteiger partial charge in [-0.25, -0.2) is 0 Å². The summed E-state index contributed by atoms with van der Waals surface area (Å²) >= 11 is 0. The second-order valence-corrected chi connectivity index (χ2v) is 3.79. The summed E-state index contributed by atoms with van der Waals surface area (Å²) in [6, 6.07) is 2.33. The Bertz CT molecular complexity index is 244. The Labute approximate surface area is 67.7 Å². The molecule has 0 N–H and O–H groups in total. The number of fused-ring (bicyclic) bond motifs is 2. The molecule has 2 atom stereocenters. The molecule has 2 aliphatic rings. The van der Waals surface area contributed by atoms with E-state index >= 15 is 0 Å². The minimum absolute atomic E-state index is 0.190. The lowest BCUT2D eigenvalue weighted by molar-refractivity contribution is 0.545. The minimum atomic E-state index is 0.190. The van der Waals surface area contributed by atoms with Gasteiger partial charge < -0.3 is 0 Å². The Morgan fingerprint density at radius 3 is 2.82 bits per heavy atom. The maximum absolute atomic E-state index is 8.74. The molecule has 2 rings (SSSR count). The van der Waals surface area contributed by atoms with Crippen LogP contribution in [0.1, 0.15) is 32.6 Å². The third kappa shape index (κ3) is 0.976. The molecule has 2 aliphatic carbocycles. The van der Waals surface area contributed by atoms with Gasteiger partial charge in [0.15, 0.2) is 0 Å². The van der Waals surface area contributed by atoms with Crippen LogP contribution >= 0.6 is 0 Å². The van der Waals surface area contributed by atoms with Crippen LogP contribution in [-0.2, 0) is 0 Å². The van der Waals surface area contributed by atoms with E-state index in [1.54, 1.807) is 5.57 Å². The predicted molar refractivity (Wildman–Crippen MR) is 43.8 cm³/mol. The van der Waals surface area contributed by atoms with E-state index in [4.69, 9.17) is 5.26 Å². The monoisotopic (exact) mass is 147 g/mol. The molecule has 0 aromatic carbocycles. The highest BCUT2D eigenvalue weighted by Crippen LogP contribution is 2.46. The zero-order chi connectivity index (χ0) is 7.84. The van der Waals surface area contributed by atoms with Crippen molar-refractivity contribution >= 4 is 0 Å². The van der Waals surface area contributed by atoms with Crippen LogP contribution in [0.4, 0.5) is 0 Å². The molecule has 58 valence electrons. The third-order valence-corrected chi connectivity index (χ3v) is 3.07. The van der Waals surface area contributed by atoms with Gasteiger partial charge in [-0.1, -0.05) is 11.1 Å². The van der Waals surface area contributed by atoms with Crippen molar-refractivity contribution in [1.29, 1.82) is 5.26 Å². The van der Waals surface area contributed by atoms with Crippen LogP contribution in [0.2, 0.25) is 0 Å². The van der Waals surface area contributed by atoms with Gasteiger partial charge in [-0.15, -0.1) is 0 Å². The first-order valence-corrected chi connectivity index (χ1v) is 4.41. The first kappa shape index (κ1) is 6.91. The lowest BCUT2D eigenvalue weighted by atomic mass is 9.91. The average molecular weight is 147 g/mol. The second kappa shape index (κ2) is 2.37. The standard InChI is InChI=1S/C10H13N/c1-7(6-11)10-5-8-2-3-9(10)4-8/h7-8H,2-5H2,1H3. The predicted octanol–water partition coefficient (Wildman–Crippen LogP) is 2.65. The molecule has 0 aromatic rings. The Morgan fingerprint density at radius 1 is 1.55 bits per heavy atom. The highest BCUT2D eigenvalue weighted by atomic mass is 14.4. The summed E-state index contributed by atoms with van der Waals surface area (Å²) in [6.45, 7) is 2.03. The average Bonchev–Trinajstić information content (AvgIpc) is 2.62.